The van der Waals surface area contributed by atoms with Gasteiger partial charge in [-0.1, -0.05) is 6.07 Å². The van der Waals surface area contributed by atoms with Gasteiger partial charge in [-0.3, -0.25) is 10.1 Å². The summed E-state index contributed by atoms with van der Waals surface area (Å²) in [4.78, 5) is 34.9. The molecular weight excluding hydrogens is 278 g/mol. The highest BCUT2D eigenvalue weighted by molar-refractivity contribution is 5.94. The highest BCUT2D eigenvalue weighted by atomic mass is 16.6. The van der Waals surface area contributed by atoms with E-state index in [4.69, 9.17) is 0 Å². The number of carboxylic acid groups (broad SMARTS) is 1. The molecule has 1 aliphatic heterocycles. The molecule has 8 heteroatoms. The number of aliphatic carboxylic acids is 1. The molecule has 1 saturated heterocycles. The fraction of sp³-hybridized carbons (Fsp3) is 0.385. The van der Waals surface area contributed by atoms with E-state index < -0.39 is 22.5 Å². The highest BCUT2D eigenvalue weighted by Gasteiger charge is 2.46. The number of non-ortho nitro benzene ring substituents is 1. The fourth-order valence-corrected chi connectivity index (χ4v) is 2.40. The number of carboxylic acids is 1. The van der Waals surface area contributed by atoms with Gasteiger partial charge < -0.3 is 15.3 Å². The van der Waals surface area contributed by atoms with Crippen LogP contribution in [-0.4, -0.2) is 39.0 Å². The maximum Gasteiger partial charge on any atom is 0.329 e. The van der Waals surface area contributed by atoms with Gasteiger partial charge in [0.05, 0.1) is 4.92 Å². The third-order valence-electron chi connectivity index (χ3n) is 3.66. The van der Waals surface area contributed by atoms with E-state index in [1.54, 1.807) is 0 Å². The first-order chi connectivity index (χ1) is 9.84. The van der Waals surface area contributed by atoms with Crippen molar-refractivity contribution in [3.63, 3.8) is 0 Å². The van der Waals surface area contributed by atoms with E-state index in [1.807, 2.05) is 0 Å². The van der Waals surface area contributed by atoms with Crippen molar-refractivity contribution in [2.45, 2.75) is 25.3 Å². The van der Waals surface area contributed by atoms with Gasteiger partial charge in [0, 0.05) is 24.4 Å². The normalized spacial score (nSPS) is 21.1. The number of hydrogen-bond donors (Lipinski definition) is 2. The Bertz CT molecular complexity index is 603. The summed E-state index contributed by atoms with van der Waals surface area (Å²) in [6.07, 6.45) is 0.982. The van der Waals surface area contributed by atoms with E-state index in [1.165, 1.54) is 36.1 Å². The van der Waals surface area contributed by atoms with Gasteiger partial charge in [-0.2, -0.15) is 0 Å². The van der Waals surface area contributed by atoms with Crippen molar-refractivity contribution in [3.05, 3.63) is 34.4 Å². The summed E-state index contributed by atoms with van der Waals surface area (Å²) < 4.78 is 0. The fourth-order valence-electron chi connectivity index (χ4n) is 2.40. The number of carbonyl (C=O) groups excluding carboxylic acids is 1. The molecule has 0 unspecified atom stereocenters. The summed E-state index contributed by atoms with van der Waals surface area (Å²) in [5.41, 5.74) is -1.13. The molecule has 1 aromatic carbocycles. The minimum atomic E-state index is -1.25. The van der Waals surface area contributed by atoms with Crippen molar-refractivity contribution >= 4 is 23.4 Å². The van der Waals surface area contributed by atoms with Crippen LogP contribution in [0.2, 0.25) is 0 Å². The Hall–Kier alpha value is -2.64. The highest BCUT2D eigenvalue weighted by Crippen LogP contribution is 2.30. The molecule has 0 saturated carbocycles. The summed E-state index contributed by atoms with van der Waals surface area (Å²) in [7, 11) is 0. The van der Waals surface area contributed by atoms with E-state index in [9.17, 15) is 24.8 Å². The number of benzene rings is 1. The number of hydrogen-bond acceptors (Lipinski definition) is 4. The van der Waals surface area contributed by atoms with Gasteiger partial charge in [-0.15, -0.1) is 0 Å². The lowest BCUT2D eigenvalue weighted by Gasteiger charge is -2.31. The molecule has 8 nitrogen and oxygen atoms in total. The molecule has 2 amide bonds. The number of amides is 2. The van der Waals surface area contributed by atoms with E-state index >= 15 is 0 Å². The van der Waals surface area contributed by atoms with Crippen LogP contribution in [0.15, 0.2) is 24.3 Å². The van der Waals surface area contributed by atoms with Gasteiger partial charge in [0.15, 0.2) is 0 Å². The van der Waals surface area contributed by atoms with Crippen LogP contribution in [0, 0.1) is 10.1 Å². The molecule has 1 fully saturated rings. The number of nitro benzene ring substituents is 1. The van der Waals surface area contributed by atoms with E-state index in [0.717, 1.165) is 0 Å². The smallest absolute Gasteiger partial charge is 0.329 e. The zero-order valence-corrected chi connectivity index (χ0v) is 11.4. The average molecular weight is 293 g/mol. The second-order valence-corrected chi connectivity index (χ2v) is 5.07. The standard InChI is InChI=1S/C13H15N3O5/c1-13(11(17)18)6-3-7-15(13)12(19)14-9-4-2-5-10(8-9)16(20)21/h2,4-5,8H,3,6-7H2,1H3,(H,14,19)(H,17,18)/t13-/m0/s1. The SMILES string of the molecule is C[C@@]1(C(=O)O)CCCN1C(=O)Nc1cccc([N+](=O)[O-])c1. The molecule has 0 radical (unpaired) electrons. The van der Waals surface area contributed by atoms with Gasteiger partial charge in [0.1, 0.15) is 5.54 Å². The second-order valence-electron chi connectivity index (χ2n) is 5.07. The summed E-state index contributed by atoms with van der Waals surface area (Å²) in [6, 6.07) is 4.93. The van der Waals surface area contributed by atoms with Gasteiger partial charge >= 0.3 is 12.0 Å². The van der Waals surface area contributed by atoms with Crippen molar-refractivity contribution in [2.75, 3.05) is 11.9 Å². The molecule has 1 aliphatic rings. The zero-order valence-electron chi connectivity index (χ0n) is 11.4. The van der Waals surface area contributed by atoms with E-state index in [-0.39, 0.29) is 11.4 Å². The van der Waals surface area contributed by atoms with E-state index in [0.29, 0.717) is 19.4 Å². The first kappa shape index (κ1) is 14.8. The number of nitrogens with one attached hydrogen (secondary N) is 1. The van der Waals surface area contributed by atoms with Crippen LogP contribution in [0.3, 0.4) is 0 Å². The predicted octanol–water partition coefficient (Wildman–Crippen LogP) is 2.07. The van der Waals surface area contributed by atoms with Crippen molar-refractivity contribution in [3.8, 4) is 0 Å². The lowest BCUT2D eigenvalue weighted by Crippen LogP contribution is -2.52. The number of anilines is 1. The molecule has 0 spiro atoms. The Balaban J connectivity index is 2.16. The van der Waals surface area contributed by atoms with Crippen LogP contribution in [0.5, 0.6) is 0 Å². The molecule has 1 heterocycles. The van der Waals surface area contributed by atoms with E-state index in [2.05, 4.69) is 5.32 Å². The summed E-state index contributed by atoms with van der Waals surface area (Å²) >= 11 is 0. The molecule has 0 bridgehead atoms. The third-order valence-corrected chi connectivity index (χ3v) is 3.66. The number of likely N-dealkylation sites (tertiary alicyclic amines) is 1. The topological polar surface area (TPSA) is 113 Å². The largest absolute Gasteiger partial charge is 0.480 e. The Morgan fingerprint density at radius 2 is 2.19 bits per heavy atom. The van der Waals surface area contributed by atoms with Gasteiger partial charge in [0.25, 0.3) is 5.69 Å². The van der Waals surface area contributed by atoms with Crippen LogP contribution in [0.4, 0.5) is 16.2 Å². The number of rotatable bonds is 3. The van der Waals surface area contributed by atoms with Crippen LogP contribution >= 0.6 is 0 Å². The predicted molar refractivity (Wildman–Crippen MR) is 74.1 cm³/mol. The Kier molecular flexibility index (Phi) is 3.79. The van der Waals surface area contributed by atoms with Crippen LogP contribution in [0.25, 0.3) is 0 Å². The average Bonchev–Trinajstić information content (AvgIpc) is 2.82. The number of carbonyl (C=O) groups is 2. The monoisotopic (exact) mass is 293 g/mol. The first-order valence-corrected chi connectivity index (χ1v) is 6.41. The molecule has 2 N–H and O–H groups in total. The molecule has 1 atom stereocenters. The molecule has 0 aromatic heterocycles. The first-order valence-electron chi connectivity index (χ1n) is 6.41. The molecule has 112 valence electrons. The van der Waals surface area contributed by atoms with Crippen LogP contribution < -0.4 is 5.32 Å². The molecular formula is C13H15N3O5. The van der Waals surface area contributed by atoms with Crippen molar-refractivity contribution in [2.24, 2.45) is 0 Å². The summed E-state index contributed by atoms with van der Waals surface area (Å²) in [6.45, 7) is 1.83. The second kappa shape index (κ2) is 5.39. The number of urea groups is 1. The lowest BCUT2D eigenvalue weighted by atomic mass is 10.00. The maximum atomic E-state index is 12.2. The number of nitrogens with zero attached hydrogens (tertiary/aromatic N) is 2. The summed E-state index contributed by atoms with van der Waals surface area (Å²) in [5, 5.41) is 22.5. The molecule has 21 heavy (non-hydrogen) atoms. The minimum absolute atomic E-state index is 0.143. The molecule has 2 rings (SSSR count). The third kappa shape index (κ3) is 2.78. The minimum Gasteiger partial charge on any atom is -0.480 e. The Morgan fingerprint density at radius 1 is 1.48 bits per heavy atom. The molecule has 0 aliphatic carbocycles. The Morgan fingerprint density at radius 3 is 2.81 bits per heavy atom. The van der Waals surface area contributed by atoms with Crippen LogP contribution in [0.1, 0.15) is 19.8 Å². The lowest BCUT2D eigenvalue weighted by molar-refractivity contribution is -0.384. The number of nitro groups is 1. The van der Waals surface area contributed by atoms with Gasteiger partial charge in [-0.05, 0) is 25.8 Å². The van der Waals surface area contributed by atoms with Crippen molar-refractivity contribution in [1.29, 1.82) is 0 Å². The summed E-state index contributed by atoms with van der Waals surface area (Å²) in [5.74, 6) is -1.06. The Labute approximate surface area is 120 Å². The maximum absolute atomic E-state index is 12.2. The zero-order chi connectivity index (χ0) is 15.6. The van der Waals surface area contributed by atoms with Gasteiger partial charge in [-0.25, -0.2) is 9.59 Å². The van der Waals surface area contributed by atoms with Crippen molar-refractivity contribution < 1.29 is 19.6 Å². The quantitative estimate of drug-likeness (QED) is 0.654. The molecule has 1 aromatic rings. The van der Waals surface area contributed by atoms with Crippen LogP contribution in [-0.2, 0) is 4.79 Å². The van der Waals surface area contributed by atoms with Gasteiger partial charge in [0.2, 0.25) is 0 Å². The van der Waals surface area contributed by atoms with Crippen molar-refractivity contribution in [1.82, 2.24) is 4.90 Å².